The van der Waals surface area contributed by atoms with Crippen LogP contribution in [0.1, 0.15) is 37.8 Å². The summed E-state index contributed by atoms with van der Waals surface area (Å²) in [6.45, 7) is 3.52. The third kappa shape index (κ3) is 9.30. The molecule has 4 amide bonds. The number of aliphatic carboxylic acids is 1. The number of para-hydroxylation sites is 1. The summed E-state index contributed by atoms with van der Waals surface area (Å²) >= 11 is 0. The third-order valence-corrected chi connectivity index (χ3v) is 7.06. The quantitative estimate of drug-likeness (QED) is 0.123. The fraction of sp³-hybridized carbons (Fsp3) is 0.367. The molecule has 1 heterocycles. The zero-order valence-corrected chi connectivity index (χ0v) is 24.0. The number of fused-ring (bicyclic) bond motifs is 1. The van der Waals surface area contributed by atoms with Crippen molar-refractivity contribution in [3.63, 3.8) is 0 Å². The predicted octanol–water partition coefficient (Wildman–Crippen LogP) is 0.447. The van der Waals surface area contributed by atoms with Crippen LogP contribution < -0.4 is 27.4 Å². The van der Waals surface area contributed by atoms with Crippen LogP contribution in [0, 0.1) is 5.92 Å². The topological polar surface area (TPSA) is 230 Å². The number of carboxylic acid groups (broad SMARTS) is 1. The Kier molecular flexibility index (Phi) is 11.2. The summed E-state index contributed by atoms with van der Waals surface area (Å²) in [7, 11) is 0. The van der Waals surface area contributed by atoms with E-state index in [-0.39, 0.29) is 37.4 Å². The standard InChI is InChI=1S/C30H38N6O7/c1-16(2)26(32)29(41)36-23(13-17-7-9-19(37)10-8-17)27(39)35-24(14-18-15-33-21-6-4-3-5-20(18)21)28(40)34-22(30(42)43)11-12-25(31)38/h3-10,15-16,22-24,26,33,37H,11-14,32H2,1-2H3,(H2,31,38)(H,34,40)(H,35,39)(H,36,41)(H,42,43). The number of hydrogen-bond donors (Lipinski definition) is 8. The Balaban J connectivity index is 1.91. The van der Waals surface area contributed by atoms with E-state index in [1.807, 2.05) is 24.3 Å². The first-order chi connectivity index (χ1) is 20.3. The van der Waals surface area contributed by atoms with Crippen LogP contribution >= 0.6 is 0 Å². The fourth-order valence-electron chi connectivity index (χ4n) is 4.47. The maximum atomic E-state index is 13.7. The van der Waals surface area contributed by atoms with E-state index in [0.29, 0.717) is 11.1 Å². The molecule has 4 atom stereocenters. The van der Waals surface area contributed by atoms with E-state index in [0.717, 1.165) is 10.9 Å². The number of carbonyl (C=O) groups is 5. The highest BCUT2D eigenvalue weighted by Crippen LogP contribution is 2.20. The molecule has 0 fully saturated rings. The van der Waals surface area contributed by atoms with Gasteiger partial charge in [-0.05, 0) is 41.7 Å². The van der Waals surface area contributed by atoms with Crippen LogP contribution in [0.15, 0.2) is 54.7 Å². The van der Waals surface area contributed by atoms with Gasteiger partial charge in [-0.25, -0.2) is 4.79 Å². The number of H-pyrrole nitrogens is 1. The maximum absolute atomic E-state index is 13.7. The first kappa shape index (κ1) is 32.6. The number of phenols is 1. The molecule has 3 aromatic rings. The number of amides is 4. The summed E-state index contributed by atoms with van der Waals surface area (Å²) in [4.78, 5) is 66.2. The minimum atomic E-state index is -1.43. The number of aromatic amines is 1. The number of aromatic hydroxyl groups is 1. The highest BCUT2D eigenvalue weighted by molar-refractivity contribution is 5.95. The molecule has 0 saturated heterocycles. The summed E-state index contributed by atoms with van der Waals surface area (Å²) in [5.74, 6) is -4.36. The van der Waals surface area contributed by atoms with Crippen LogP contribution in [-0.4, -0.2) is 69.0 Å². The molecule has 0 aliphatic carbocycles. The molecule has 3 rings (SSSR count). The number of aromatic nitrogens is 1. The molecule has 43 heavy (non-hydrogen) atoms. The monoisotopic (exact) mass is 594 g/mol. The van der Waals surface area contributed by atoms with E-state index < -0.39 is 53.8 Å². The lowest BCUT2D eigenvalue weighted by atomic mass is 10.00. The Morgan fingerprint density at radius 1 is 0.837 bits per heavy atom. The van der Waals surface area contributed by atoms with Crippen molar-refractivity contribution in [1.29, 1.82) is 0 Å². The van der Waals surface area contributed by atoms with Gasteiger partial charge in [0.25, 0.3) is 0 Å². The molecule has 1 aromatic heterocycles. The summed E-state index contributed by atoms with van der Waals surface area (Å²) in [5, 5.41) is 27.8. The second-order valence-electron chi connectivity index (χ2n) is 10.7. The lowest BCUT2D eigenvalue weighted by molar-refractivity contribution is -0.142. The lowest BCUT2D eigenvalue weighted by Crippen LogP contribution is -2.58. The van der Waals surface area contributed by atoms with E-state index in [2.05, 4.69) is 20.9 Å². The van der Waals surface area contributed by atoms with Gasteiger partial charge < -0.3 is 42.6 Å². The van der Waals surface area contributed by atoms with Crippen molar-refractivity contribution in [2.45, 2.75) is 63.7 Å². The van der Waals surface area contributed by atoms with Gasteiger partial charge in [-0.1, -0.05) is 44.2 Å². The van der Waals surface area contributed by atoms with Crippen LogP contribution in [0.2, 0.25) is 0 Å². The molecule has 0 aliphatic heterocycles. The van der Waals surface area contributed by atoms with Crippen LogP contribution in [0.5, 0.6) is 5.75 Å². The van der Waals surface area contributed by atoms with E-state index in [1.165, 1.54) is 12.1 Å². The first-order valence-electron chi connectivity index (χ1n) is 13.9. The number of nitrogens with one attached hydrogen (secondary N) is 4. The molecule has 13 heteroatoms. The first-order valence-corrected chi connectivity index (χ1v) is 13.9. The van der Waals surface area contributed by atoms with Gasteiger partial charge in [-0.15, -0.1) is 0 Å². The normalized spacial score (nSPS) is 14.0. The molecule has 4 unspecified atom stereocenters. The summed E-state index contributed by atoms with van der Waals surface area (Å²) in [6.07, 6.45) is 1.18. The Morgan fingerprint density at radius 3 is 2.02 bits per heavy atom. The van der Waals surface area contributed by atoms with E-state index in [4.69, 9.17) is 11.5 Å². The Morgan fingerprint density at radius 2 is 1.42 bits per heavy atom. The molecule has 0 spiro atoms. The van der Waals surface area contributed by atoms with Gasteiger partial charge in [0.05, 0.1) is 6.04 Å². The zero-order chi connectivity index (χ0) is 31.7. The van der Waals surface area contributed by atoms with E-state index in [9.17, 15) is 34.2 Å². The third-order valence-electron chi connectivity index (χ3n) is 7.06. The number of carbonyl (C=O) groups excluding carboxylic acids is 4. The Labute approximate surface area is 248 Å². The van der Waals surface area contributed by atoms with Gasteiger partial charge in [0.1, 0.15) is 23.9 Å². The highest BCUT2D eigenvalue weighted by Gasteiger charge is 2.31. The average Bonchev–Trinajstić information content (AvgIpc) is 3.37. The van der Waals surface area contributed by atoms with E-state index >= 15 is 0 Å². The number of primary amides is 1. The summed E-state index contributed by atoms with van der Waals surface area (Å²) < 4.78 is 0. The molecule has 0 bridgehead atoms. The maximum Gasteiger partial charge on any atom is 0.326 e. The van der Waals surface area contributed by atoms with Crippen LogP contribution in [-0.2, 0) is 36.8 Å². The molecule has 13 nitrogen and oxygen atoms in total. The SMILES string of the molecule is CC(C)C(N)C(=O)NC(Cc1ccc(O)cc1)C(=O)NC(Cc1c[nH]c2ccccc12)C(=O)NC(CCC(N)=O)C(=O)O. The van der Waals surface area contributed by atoms with Crippen molar-refractivity contribution in [2.75, 3.05) is 0 Å². The number of phenolic OH excluding ortho intramolecular Hbond substituents is 1. The van der Waals surface area contributed by atoms with Crippen molar-refractivity contribution < 1.29 is 34.2 Å². The second-order valence-corrected chi connectivity index (χ2v) is 10.7. The second kappa shape index (κ2) is 14.8. The zero-order valence-electron chi connectivity index (χ0n) is 24.0. The summed E-state index contributed by atoms with van der Waals surface area (Å²) in [5.41, 5.74) is 13.3. The number of benzene rings is 2. The van der Waals surface area contributed by atoms with Gasteiger partial charge in [0.15, 0.2) is 0 Å². The van der Waals surface area contributed by atoms with E-state index in [1.54, 1.807) is 32.2 Å². The summed E-state index contributed by atoms with van der Waals surface area (Å²) in [6, 6.07) is 8.65. The average molecular weight is 595 g/mol. The van der Waals surface area contributed by atoms with Crippen molar-refractivity contribution in [3.8, 4) is 5.75 Å². The number of hydrogen-bond acceptors (Lipinski definition) is 7. The molecule has 0 radical (unpaired) electrons. The Bertz CT molecular complexity index is 1450. The molecule has 0 aliphatic rings. The van der Waals surface area contributed by atoms with Gasteiger partial charge in [0.2, 0.25) is 23.6 Å². The largest absolute Gasteiger partial charge is 0.508 e. The van der Waals surface area contributed by atoms with Gasteiger partial charge in [-0.2, -0.15) is 0 Å². The molecule has 0 saturated carbocycles. The number of nitrogens with two attached hydrogens (primary N) is 2. The van der Waals surface area contributed by atoms with Crippen LogP contribution in [0.4, 0.5) is 0 Å². The molecular weight excluding hydrogens is 556 g/mol. The van der Waals surface area contributed by atoms with Gasteiger partial charge >= 0.3 is 5.97 Å². The molecule has 2 aromatic carbocycles. The van der Waals surface area contributed by atoms with Crippen LogP contribution in [0.3, 0.4) is 0 Å². The van der Waals surface area contributed by atoms with Gasteiger partial charge in [0, 0.05) is 36.4 Å². The van der Waals surface area contributed by atoms with Crippen LogP contribution in [0.25, 0.3) is 10.9 Å². The number of rotatable bonds is 15. The van der Waals surface area contributed by atoms with Crippen molar-refractivity contribution in [3.05, 3.63) is 65.9 Å². The lowest BCUT2D eigenvalue weighted by Gasteiger charge is -2.26. The smallest absolute Gasteiger partial charge is 0.326 e. The van der Waals surface area contributed by atoms with Crippen molar-refractivity contribution in [2.24, 2.45) is 17.4 Å². The van der Waals surface area contributed by atoms with Gasteiger partial charge in [-0.3, -0.25) is 19.2 Å². The highest BCUT2D eigenvalue weighted by atomic mass is 16.4. The predicted molar refractivity (Wildman–Crippen MR) is 158 cm³/mol. The Hall–Kier alpha value is -4.91. The molecule has 10 N–H and O–H groups in total. The van der Waals surface area contributed by atoms with Crippen molar-refractivity contribution in [1.82, 2.24) is 20.9 Å². The minimum absolute atomic E-state index is 0.0143. The minimum Gasteiger partial charge on any atom is -0.508 e. The fourth-order valence-corrected chi connectivity index (χ4v) is 4.47. The molecular formula is C30H38N6O7. The van der Waals surface area contributed by atoms with Crippen molar-refractivity contribution >= 4 is 40.5 Å². The number of carboxylic acids is 1. The molecule has 230 valence electrons.